The number of hydrogen-bond donors (Lipinski definition) is 1. The second-order valence-corrected chi connectivity index (χ2v) is 9.67. The average molecular weight is 495 g/mol. The Hall–Kier alpha value is -1.38. The number of halogens is 1. The molecule has 5 aliphatic rings. The van der Waals surface area contributed by atoms with Gasteiger partial charge in [0.25, 0.3) is 0 Å². The van der Waals surface area contributed by atoms with Crippen molar-refractivity contribution in [2.75, 3.05) is 6.54 Å². The predicted molar refractivity (Wildman–Crippen MR) is 111 cm³/mol. The lowest BCUT2D eigenvalue weighted by Crippen LogP contribution is -2.59. The van der Waals surface area contributed by atoms with Crippen LogP contribution in [0.5, 0.6) is 0 Å². The predicted octanol–water partition coefficient (Wildman–Crippen LogP) is 4.02. The van der Waals surface area contributed by atoms with Crippen molar-refractivity contribution in [3.63, 3.8) is 0 Å². The fourth-order valence-corrected chi connectivity index (χ4v) is 7.17. The Morgan fingerprint density at radius 1 is 1.21 bits per heavy atom. The summed E-state index contributed by atoms with van der Waals surface area (Å²) in [4.78, 5) is 32.0. The molecule has 2 amide bonds. The minimum absolute atomic E-state index is 0.0154. The molecule has 1 aromatic rings. The van der Waals surface area contributed by atoms with Crippen molar-refractivity contribution < 1.29 is 14.3 Å². The fourth-order valence-electron chi connectivity index (χ4n) is 6.60. The first-order valence-corrected chi connectivity index (χ1v) is 11.5. The molecule has 6 rings (SSSR count). The molecule has 1 aliphatic heterocycles. The number of nitrogens with one attached hydrogen (secondary N) is 1. The smallest absolute Gasteiger partial charge is 0.410 e. The van der Waals surface area contributed by atoms with E-state index in [1.165, 1.54) is 0 Å². The van der Waals surface area contributed by atoms with Crippen LogP contribution < -0.4 is 3.53 Å². The van der Waals surface area contributed by atoms with Gasteiger partial charge in [0, 0.05) is 12.7 Å². The molecule has 4 aliphatic carbocycles. The first-order chi connectivity index (χ1) is 13.6. The maximum atomic E-state index is 13.1. The summed E-state index contributed by atoms with van der Waals surface area (Å²) in [5.41, 5.74) is 0.713. The molecule has 1 N–H and O–H groups in total. The maximum absolute atomic E-state index is 13.1. The van der Waals surface area contributed by atoms with Gasteiger partial charge in [0.2, 0.25) is 5.91 Å². The summed E-state index contributed by atoms with van der Waals surface area (Å²) < 4.78 is 9.00. The summed E-state index contributed by atoms with van der Waals surface area (Å²) in [6.07, 6.45) is 8.37. The number of pyridine rings is 1. The molecule has 4 saturated carbocycles. The molecule has 3 atom stereocenters. The second kappa shape index (κ2) is 7.15. The van der Waals surface area contributed by atoms with Gasteiger partial charge in [-0.2, -0.15) is 0 Å². The molecule has 5 fully saturated rings. The van der Waals surface area contributed by atoms with E-state index in [9.17, 15) is 9.59 Å². The molecule has 4 bridgehead atoms. The van der Waals surface area contributed by atoms with Gasteiger partial charge in [-0.1, -0.05) is 6.07 Å². The first-order valence-electron chi connectivity index (χ1n) is 10.4. The third kappa shape index (κ3) is 3.00. The number of aromatic nitrogens is 1. The summed E-state index contributed by atoms with van der Waals surface area (Å²) in [5, 5.41) is 0. The second-order valence-electron chi connectivity index (χ2n) is 9.13. The van der Waals surface area contributed by atoms with Crippen molar-refractivity contribution in [2.24, 2.45) is 23.2 Å². The summed E-state index contributed by atoms with van der Waals surface area (Å²) >= 11 is 1.96. The third-order valence-electron chi connectivity index (χ3n) is 7.51. The van der Waals surface area contributed by atoms with Crippen LogP contribution in [0.1, 0.15) is 56.7 Å². The van der Waals surface area contributed by atoms with Gasteiger partial charge in [0.1, 0.15) is 6.10 Å². The van der Waals surface area contributed by atoms with Gasteiger partial charge < -0.3 is 4.74 Å². The molecule has 7 heteroatoms. The summed E-state index contributed by atoms with van der Waals surface area (Å²) in [7, 11) is 0. The van der Waals surface area contributed by atoms with E-state index in [1.54, 1.807) is 6.20 Å². The molecule has 1 saturated heterocycles. The van der Waals surface area contributed by atoms with Crippen LogP contribution in [0.3, 0.4) is 0 Å². The molecule has 6 nitrogen and oxygen atoms in total. The molecule has 150 valence electrons. The lowest BCUT2D eigenvalue weighted by Gasteiger charge is -2.58. The van der Waals surface area contributed by atoms with E-state index in [4.69, 9.17) is 4.74 Å². The van der Waals surface area contributed by atoms with E-state index in [2.05, 4.69) is 8.51 Å². The molecule has 2 heterocycles. The number of likely N-dealkylation sites (tertiary alicyclic amines) is 1. The van der Waals surface area contributed by atoms with E-state index in [0.717, 1.165) is 57.2 Å². The van der Waals surface area contributed by atoms with Gasteiger partial charge in [0.05, 0.1) is 40.0 Å². The number of nitrogens with zero attached hydrogens (tertiary/aromatic N) is 2. The Labute approximate surface area is 179 Å². The van der Waals surface area contributed by atoms with Crippen LogP contribution in [0, 0.1) is 23.2 Å². The van der Waals surface area contributed by atoms with Gasteiger partial charge in [-0.25, -0.2) is 4.79 Å². The normalized spacial score (nSPS) is 38.5. The highest BCUT2D eigenvalue weighted by molar-refractivity contribution is 14.1. The van der Waals surface area contributed by atoms with Crippen molar-refractivity contribution in [2.45, 2.75) is 57.1 Å². The van der Waals surface area contributed by atoms with Gasteiger partial charge in [-0.3, -0.25) is 18.2 Å². The van der Waals surface area contributed by atoms with Crippen molar-refractivity contribution in [3.05, 3.63) is 30.1 Å². The van der Waals surface area contributed by atoms with Crippen LogP contribution in [-0.4, -0.2) is 34.5 Å². The quantitative estimate of drug-likeness (QED) is 0.508. The van der Waals surface area contributed by atoms with Crippen molar-refractivity contribution in [1.29, 1.82) is 0 Å². The zero-order valence-corrected chi connectivity index (χ0v) is 18.0. The summed E-state index contributed by atoms with van der Waals surface area (Å²) in [5.74, 6) is 1.42. The van der Waals surface area contributed by atoms with Gasteiger partial charge in [0.15, 0.2) is 0 Å². The van der Waals surface area contributed by atoms with Gasteiger partial charge in [-0.05, 0) is 74.8 Å². The topological polar surface area (TPSA) is 71.5 Å². The molecule has 0 radical (unpaired) electrons. The molecule has 0 spiro atoms. The van der Waals surface area contributed by atoms with Crippen LogP contribution in [0.25, 0.3) is 0 Å². The minimum Gasteiger partial charge on any atom is -0.445 e. The third-order valence-corrected chi connectivity index (χ3v) is 8.00. The molecular formula is C21H26IN3O3. The van der Waals surface area contributed by atoms with Crippen LogP contribution >= 0.6 is 22.9 Å². The van der Waals surface area contributed by atoms with E-state index in [0.29, 0.717) is 17.8 Å². The lowest BCUT2D eigenvalue weighted by molar-refractivity contribution is -0.162. The van der Waals surface area contributed by atoms with Crippen molar-refractivity contribution in [3.8, 4) is 0 Å². The number of carbonyl (C=O) groups is 2. The largest absolute Gasteiger partial charge is 0.445 e. The Morgan fingerprint density at radius 2 is 2.00 bits per heavy atom. The summed E-state index contributed by atoms with van der Waals surface area (Å²) in [6, 6.07) is 5.88. The highest BCUT2D eigenvalue weighted by Crippen LogP contribution is 2.61. The van der Waals surface area contributed by atoms with Crippen LogP contribution in [-0.2, 0) is 9.53 Å². The standard InChI is InChI=1S/C21H26IN3O3/c22-24-19(26)21-10-13-8-14(11-21)18(15(9-13)12-21)28-20(27)25-7-3-5-17(25)16-4-1-2-6-23-16/h1-2,4,6,13-15,17-18H,3,5,7-12H2,(H,24,26). The molecular weight excluding hydrogens is 469 g/mol. The lowest BCUT2D eigenvalue weighted by atomic mass is 9.48. The van der Waals surface area contributed by atoms with Crippen LogP contribution in [0.15, 0.2) is 24.4 Å². The number of hydrogen-bond acceptors (Lipinski definition) is 4. The molecule has 0 aromatic carbocycles. The molecule has 28 heavy (non-hydrogen) atoms. The van der Waals surface area contributed by atoms with E-state index < -0.39 is 0 Å². The zero-order chi connectivity index (χ0) is 19.3. The van der Waals surface area contributed by atoms with E-state index in [1.807, 2.05) is 46.0 Å². The summed E-state index contributed by atoms with van der Waals surface area (Å²) in [6.45, 7) is 0.728. The highest BCUT2D eigenvalue weighted by atomic mass is 127. The maximum Gasteiger partial charge on any atom is 0.410 e. The van der Waals surface area contributed by atoms with Crippen molar-refractivity contribution in [1.82, 2.24) is 13.4 Å². The number of ether oxygens (including phenoxy) is 1. The number of rotatable bonds is 3. The van der Waals surface area contributed by atoms with Crippen LogP contribution in [0.4, 0.5) is 4.79 Å². The van der Waals surface area contributed by atoms with E-state index in [-0.39, 0.29) is 29.6 Å². The Kier molecular flexibility index (Phi) is 4.76. The van der Waals surface area contributed by atoms with Crippen molar-refractivity contribution >= 4 is 34.9 Å². The van der Waals surface area contributed by atoms with Crippen LogP contribution in [0.2, 0.25) is 0 Å². The number of carbonyl (C=O) groups excluding carboxylic acids is 2. The Bertz CT molecular complexity index is 757. The van der Waals surface area contributed by atoms with E-state index >= 15 is 0 Å². The Balaban J connectivity index is 1.31. The molecule has 3 unspecified atom stereocenters. The first kappa shape index (κ1) is 18.6. The fraction of sp³-hybridized carbons (Fsp3) is 0.667. The van der Waals surface area contributed by atoms with Gasteiger partial charge in [-0.15, -0.1) is 0 Å². The number of amides is 2. The minimum atomic E-state index is -0.231. The highest BCUT2D eigenvalue weighted by Gasteiger charge is 2.59. The molecule has 1 aromatic heterocycles. The SMILES string of the molecule is O=C(OC1C2CC3CC1CC(C(=O)NI)(C3)C2)N1CCCC1c1ccccn1. The van der Waals surface area contributed by atoms with Gasteiger partial charge >= 0.3 is 6.09 Å². The average Bonchev–Trinajstić information content (AvgIpc) is 3.20. The Morgan fingerprint density at radius 3 is 2.68 bits per heavy atom. The zero-order valence-electron chi connectivity index (χ0n) is 15.9. The monoisotopic (exact) mass is 495 g/mol.